The topological polar surface area (TPSA) is 59.0 Å². The van der Waals surface area contributed by atoms with Gasteiger partial charge >= 0.3 is 6.03 Å². The predicted octanol–water partition coefficient (Wildman–Crippen LogP) is -0.176. The van der Waals surface area contributed by atoms with Gasteiger partial charge in [0, 0.05) is 0 Å². The number of carbonyl (C=O) groups excluding carboxylic acids is 1. The molecule has 0 aliphatic carbocycles. The fraction of sp³-hybridized carbons (Fsp3) is 0.200. The van der Waals surface area contributed by atoms with E-state index < -0.39 is 0 Å². The molecule has 10 heavy (non-hydrogen) atoms. The third kappa shape index (κ3) is 0.570. The molecule has 1 aliphatic heterocycles. The summed E-state index contributed by atoms with van der Waals surface area (Å²) in [6, 6.07) is -0.133. The minimum absolute atomic E-state index is 0.133. The molecule has 2 rings (SSSR count). The summed E-state index contributed by atoms with van der Waals surface area (Å²) in [5.74, 6) is 0.740. The first-order valence-corrected chi connectivity index (χ1v) is 2.92. The van der Waals surface area contributed by atoms with E-state index >= 15 is 0 Å². The van der Waals surface area contributed by atoms with Gasteiger partial charge in [0.1, 0.15) is 12.1 Å². The molecule has 0 aromatic carbocycles. The quantitative estimate of drug-likeness (QED) is 0.523. The van der Waals surface area contributed by atoms with Crippen molar-refractivity contribution in [2.75, 3.05) is 12.0 Å². The molecule has 0 radical (unpaired) electrons. The standard InChI is InChI=1S/C5H6N4O/c10-5-8-2-7-4-1-6-3-9(4)5/h1,3,7H,2H2,(H,8,10). The van der Waals surface area contributed by atoms with E-state index in [0.717, 1.165) is 5.82 Å². The molecule has 0 atom stereocenters. The Kier molecular flexibility index (Phi) is 0.913. The number of carbonyl (C=O) groups is 1. The molecular weight excluding hydrogens is 132 g/mol. The first-order chi connectivity index (χ1) is 4.88. The zero-order chi connectivity index (χ0) is 6.97. The normalized spacial score (nSPS) is 15.4. The van der Waals surface area contributed by atoms with Gasteiger partial charge in [0.25, 0.3) is 0 Å². The molecule has 5 nitrogen and oxygen atoms in total. The summed E-state index contributed by atoms with van der Waals surface area (Å²) in [6.45, 7) is 0.477. The Morgan fingerprint density at radius 3 is 3.30 bits per heavy atom. The van der Waals surface area contributed by atoms with Crippen molar-refractivity contribution in [2.24, 2.45) is 0 Å². The Balaban J connectivity index is 2.50. The fourth-order valence-electron chi connectivity index (χ4n) is 0.883. The van der Waals surface area contributed by atoms with Gasteiger partial charge in [-0.3, -0.25) is 0 Å². The lowest BCUT2D eigenvalue weighted by atomic mass is 10.6. The van der Waals surface area contributed by atoms with Gasteiger partial charge in [-0.2, -0.15) is 0 Å². The molecule has 1 aliphatic rings. The van der Waals surface area contributed by atoms with Crippen molar-refractivity contribution < 1.29 is 4.79 Å². The number of imidazole rings is 1. The Bertz CT molecular complexity index is 266. The molecular formula is C5H6N4O. The number of nitrogens with one attached hydrogen (secondary N) is 2. The van der Waals surface area contributed by atoms with E-state index in [1.54, 1.807) is 6.20 Å². The summed E-state index contributed by atoms with van der Waals surface area (Å²) < 4.78 is 1.42. The van der Waals surface area contributed by atoms with Crippen molar-refractivity contribution in [2.45, 2.75) is 0 Å². The van der Waals surface area contributed by atoms with Crippen molar-refractivity contribution in [1.29, 1.82) is 0 Å². The maximum absolute atomic E-state index is 10.9. The molecule has 1 aromatic rings. The monoisotopic (exact) mass is 138 g/mol. The molecule has 2 heterocycles. The van der Waals surface area contributed by atoms with Crippen LogP contribution in [-0.4, -0.2) is 22.3 Å². The second kappa shape index (κ2) is 1.73. The second-order valence-corrected chi connectivity index (χ2v) is 1.98. The van der Waals surface area contributed by atoms with E-state index in [0.29, 0.717) is 6.67 Å². The Labute approximate surface area is 57.1 Å². The Morgan fingerprint density at radius 2 is 2.50 bits per heavy atom. The van der Waals surface area contributed by atoms with Crippen LogP contribution in [0.2, 0.25) is 0 Å². The molecule has 0 unspecified atom stereocenters. The summed E-state index contributed by atoms with van der Waals surface area (Å²) in [4.78, 5) is 14.7. The van der Waals surface area contributed by atoms with E-state index in [9.17, 15) is 4.79 Å². The minimum Gasteiger partial charge on any atom is -0.352 e. The van der Waals surface area contributed by atoms with E-state index in [4.69, 9.17) is 0 Å². The molecule has 0 saturated heterocycles. The predicted molar refractivity (Wildman–Crippen MR) is 34.6 cm³/mol. The van der Waals surface area contributed by atoms with E-state index in [2.05, 4.69) is 15.6 Å². The summed E-state index contributed by atoms with van der Waals surface area (Å²) >= 11 is 0. The first kappa shape index (κ1) is 5.28. The Morgan fingerprint density at radius 1 is 1.60 bits per heavy atom. The van der Waals surface area contributed by atoms with Gasteiger partial charge < -0.3 is 10.6 Å². The molecule has 0 saturated carbocycles. The van der Waals surface area contributed by atoms with Gasteiger partial charge in [-0.1, -0.05) is 0 Å². The highest BCUT2D eigenvalue weighted by Crippen LogP contribution is 2.06. The van der Waals surface area contributed by atoms with Crippen LogP contribution in [0.5, 0.6) is 0 Å². The van der Waals surface area contributed by atoms with Crippen LogP contribution in [0, 0.1) is 0 Å². The third-order valence-electron chi connectivity index (χ3n) is 1.37. The van der Waals surface area contributed by atoms with Crippen LogP contribution in [0.4, 0.5) is 10.6 Å². The summed E-state index contributed by atoms with van der Waals surface area (Å²) in [5, 5.41) is 5.54. The van der Waals surface area contributed by atoms with E-state index in [1.807, 2.05) is 0 Å². The number of aromatic nitrogens is 2. The highest BCUT2D eigenvalue weighted by molar-refractivity contribution is 5.81. The number of anilines is 1. The average molecular weight is 138 g/mol. The number of hydrogen-bond donors (Lipinski definition) is 2. The van der Waals surface area contributed by atoms with Crippen LogP contribution in [0.3, 0.4) is 0 Å². The maximum Gasteiger partial charge on any atom is 0.329 e. The highest BCUT2D eigenvalue weighted by Gasteiger charge is 2.12. The average Bonchev–Trinajstić information content (AvgIpc) is 2.36. The van der Waals surface area contributed by atoms with Crippen molar-refractivity contribution in [3.05, 3.63) is 12.5 Å². The molecule has 2 N–H and O–H groups in total. The molecule has 0 spiro atoms. The lowest BCUT2D eigenvalue weighted by Crippen LogP contribution is -2.38. The van der Waals surface area contributed by atoms with Gasteiger partial charge in [-0.05, 0) is 0 Å². The number of amides is 1. The SMILES string of the molecule is O=C1NCNc2cncn21. The van der Waals surface area contributed by atoms with Crippen molar-refractivity contribution in [3.8, 4) is 0 Å². The highest BCUT2D eigenvalue weighted by atomic mass is 16.2. The molecule has 1 aromatic heterocycles. The molecule has 5 heteroatoms. The van der Waals surface area contributed by atoms with Crippen LogP contribution < -0.4 is 10.6 Å². The lowest BCUT2D eigenvalue weighted by Gasteiger charge is -2.15. The van der Waals surface area contributed by atoms with Crippen LogP contribution in [-0.2, 0) is 0 Å². The van der Waals surface area contributed by atoms with Crippen molar-refractivity contribution in [1.82, 2.24) is 14.9 Å². The number of hydrogen-bond acceptors (Lipinski definition) is 3. The maximum atomic E-state index is 10.9. The summed E-state index contributed by atoms with van der Waals surface area (Å²) in [7, 11) is 0. The fourth-order valence-corrected chi connectivity index (χ4v) is 0.883. The van der Waals surface area contributed by atoms with Crippen LogP contribution >= 0.6 is 0 Å². The van der Waals surface area contributed by atoms with Gasteiger partial charge in [-0.15, -0.1) is 0 Å². The third-order valence-corrected chi connectivity index (χ3v) is 1.37. The number of fused-ring (bicyclic) bond motifs is 1. The smallest absolute Gasteiger partial charge is 0.329 e. The van der Waals surface area contributed by atoms with Crippen LogP contribution in [0.15, 0.2) is 12.5 Å². The molecule has 0 fully saturated rings. The van der Waals surface area contributed by atoms with Crippen molar-refractivity contribution in [3.63, 3.8) is 0 Å². The van der Waals surface area contributed by atoms with Crippen LogP contribution in [0.1, 0.15) is 0 Å². The largest absolute Gasteiger partial charge is 0.352 e. The van der Waals surface area contributed by atoms with Gasteiger partial charge in [0.05, 0.1) is 12.9 Å². The first-order valence-electron chi connectivity index (χ1n) is 2.92. The van der Waals surface area contributed by atoms with Crippen LogP contribution in [0.25, 0.3) is 0 Å². The minimum atomic E-state index is -0.133. The zero-order valence-corrected chi connectivity index (χ0v) is 5.16. The lowest BCUT2D eigenvalue weighted by molar-refractivity contribution is 0.242. The number of nitrogens with zero attached hydrogens (tertiary/aromatic N) is 2. The van der Waals surface area contributed by atoms with Gasteiger partial charge in [0.15, 0.2) is 0 Å². The molecule has 52 valence electrons. The van der Waals surface area contributed by atoms with Gasteiger partial charge in [0.2, 0.25) is 0 Å². The Hall–Kier alpha value is -1.52. The molecule has 1 amide bonds. The van der Waals surface area contributed by atoms with E-state index in [1.165, 1.54) is 10.9 Å². The van der Waals surface area contributed by atoms with Crippen molar-refractivity contribution >= 4 is 11.8 Å². The summed E-state index contributed by atoms with van der Waals surface area (Å²) in [6.07, 6.45) is 3.08. The summed E-state index contributed by atoms with van der Waals surface area (Å²) in [5.41, 5.74) is 0. The molecule has 0 bridgehead atoms. The van der Waals surface area contributed by atoms with E-state index in [-0.39, 0.29) is 6.03 Å². The van der Waals surface area contributed by atoms with Gasteiger partial charge in [-0.25, -0.2) is 14.3 Å². The number of rotatable bonds is 0. The zero-order valence-electron chi connectivity index (χ0n) is 5.16. The second-order valence-electron chi connectivity index (χ2n) is 1.98.